The molecule has 266 valence electrons. The summed E-state index contributed by atoms with van der Waals surface area (Å²) in [7, 11) is 0. The molecule has 12 rings (SSSR count). The fourth-order valence-corrected chi connectivity index (χ4v) is 10.4. The van der Waals surface area contributed by atoms with Crippen molar-refractivity contribution in [2.45, 2.75) is 0 Å². The molecule has 0 bridgehead atoms. The topological polar surface area (TPSA) is 8.17 Å². The number of hydrogen-bond donors (Lipinski definition) is 0. The molecule has 0 amide bonds. The summed E-state index contributed by atoms with van der Waals surface area (Å²) in [5, 5.41) is 12.5. The van der Waals surface area contributed by atoms with Crippen molar-refractivity contribution in [2.75, 3.05) is 4.90 Å². The van der Waals surface area contributed by atoms with Crippen LogP contribution < -0.4 is 4.90 Å². The number of para-hydroxylation sites is 1. The molecule has 0 unspecified atom stereocenters. The van der Waals surface area contributed by atoms with E-state index in [1.54, 1.807) is 0 Å². The average Bonchev–Trinajstić information content (AvgIpc) is 3.82. The van der Waals surface area contributed by atoms with Gasteiger partial charge < -0.3 is 9.47 Å². The van der Waals surface area contributed by atoms with Crippen molar-refractivity contribution in [3.63, 3.8) is 0 Å². The maximum atomic E-state index is 2.49. The van der Waals surface area contributed by atoms with Crippen LogP contribution in [-0.2, 0) is 0 Å². The molecule has 57 heavy (non-hydrogen) atoms. The highest BCUT2D eigenvalue weighted by Crippen LogP contribution is 2.47. The second kappa shape index (κ2) is 12.7. The van der Waals surface area contributed by atoms with Crippen molar-refractivity contribution in [3.05, 3.63) is 206 Å². The first-order valence-electron chi connectivity index (χ1n) is 19.5. The van der Waals surface area contributed by atoms with Gasteiger partial charge in [-0.25, -0.2) is 0 Å². The van der Waals surface area contributed by atoms with Crippen LogP contribution in [0.2, 0.25) is 0 Å². The van der Waals surface area contributed by atoms with Crippen LogP contribution in [0.15, 0.2) is 206 Å². The van der Waals surface area contributed by atoms with Gasteiger partial charge in [-0.3, -0.25) is 0 Å². The Labute approximate surface area is 333 Å². The molecule has 2 heterocycles. The first-order valence-corrected chi connectivity index (χ1v) is 20.3. The van der Waals surface area contributed by atoms with E-state index in [2.05, 4.69) is 216 Å². The van der Waals surface area contributed by atoms with Crippen LogP contribution in [0.1, 0.15) is 0 Å². The molecule has 2 nitrogen and oxygen atoms in total. The Morgan fingerprint density at radius 2 is 0.982 bits per heavy atom. The van der Waals surface area contributed by atoms with Crippen LogP contribution in [0.25, 0.3) is 91.1 Å². The number of thiophene rings is 1. The highest BCUT2D eigenvalue weighted by atomic mass is 32.1. The number of hydrogen-bond acceptors (Lipinski definition) is 2. The lowest BCUT2D eigenvalue weighted by atomic mass is 9.98. The van der Waals surface area contributed by atoms with Crippen molar-refractivity contribution in [3.8, 4) is 16.8 Å². The highest BCUT2D eigenvalue weighted by Gasteiger charge is 2.21. The minimum atomic E-state index is 1.12. The van der Waals surface area contributed by atoms with E-state index in [0.717, 1.165) is 17.1 Å². The molecule has 0 N–H and O–H groups in total. The first-order chi connectivity index (χ1) is 28.3. The smallest absolute Gasteiger partial charge is 0.0546 e. The number of rotatable bonds is 5. The SMILES string of the molecule is c1ccc(-c2cc(N(c3ccc4c(c3)sc3c5ccccc5ccc43)c3ccc4c(c3)c3ccccc3n4-c3cccc4ccccc34)c3ccccc3c2)cc1. The predicted octanol–water partition coefficient (Wildman–Crippen LogP) is 15.7. The maximum Gasteiger partial charge on any atom is 0.0546 e. The summed E-state index contributed by atoms with van der Waals surface area (Å²) in [6.07, 6.45) is 0. The van der Waals surface area contributed by atoms with Crippen molar-refractivity contribution in [1.29, 1.82) is 0 Å². The van der Waals surface area contributed by atoms with E-state index in [-0.39, 0.29) is 0 Å². The summed E-state index contributed by atoms with van der Waals surface area (Å²) in [6, 6.07) is 75.8. The van der Waals surface area contributed by atoms with Crippen molar-refractivity contribution in [1.82, 2.24) is 4.57 Å². The third-order valence-electron chi connectivity index (χ3n) is 11.7. The lowest BCUT2D eigenvalue weighted by molar-refractivity contribution is 1.20. The van der Waals surface area contributed by atoms with Gasteiger partial charge >= 0.3 is 0 Å². The van der Waals surface area contributed by atoms with E-state index in [0.29, 0.717) is 0 Å². The van der Waals surface area contributed by atoms with E-state index in [9.17, 15) is 0 Å². The second-order valence-corrected chi connectivity index (χ2v) is 16.0. The fourth-order valence-electron chi connectivity index (χ4n) is 9.09. The molecule has 0 saturated heterocycles. The quantitative estimate of drug-likeness (QED) is 0.170. The van der Waals surface area contributed by atoms with E-state index < -0.39 is 0 Å². The number of fused-ring (bicyclic) bond motifs is 10. The number of aromatic nitrogens is 1. The number of benzene rings is 10. The zero-order valence-electron chi connectivity index (χ0n) is 30.9. The van der Waals surface area contributed by atoms with Gasteiger partial charge in [-0.1, -0.05) is 152 Å². The third kappa shape index (κ3) is 5.03. The zero-order chi connectivity index (χ0) is 37.5. The van der Waals surface area contributed by atoms with Gasteiger partial charge in [0.15, 0.2) is 0 Å². The Balaban J connectivity index is 1.14. The van der Waals surface area contributed by atoms with Crippen LogP contribution in [-0.4, -0.2) is 4.57 Å². The standard InChI is InChI=1S/C54H34N2S/c1-2-13-35(14-3-1)39-31-38-17-6-8-20-43(38)52(32-39)55(41-26-29-46-47-28-25-37-16-5-9-21-44(37)54(47)57-53(46)34-41)40-27-30-51-48(33-40)45-22-10-11-23-50(45)56(51)49-24-12-18-36-15-4-7-19-42(36)49/h1-34H. The summed E-state index contributed by atoms with van der Waals surface area (Å²) < 4.78 is 5.06. The monoisotopic (exact) mass is 742 g/mol. The lowest BCUT2D eigenvalue weighted by Crippen LogP contribution is -2.10. The van der Waals surface area contributed by atoms with Gasteiger partial charge in [0.05, 0.1) is 22.4 Å². The van der Waals surface area contributed by atoms with Gasteiger partial charge in [-0.15, -0.1) is 11.3 Å². The summed E-state index contributed by atoms with van der Waals surface area (Å²) in [6.45, 7) is 0. The lowest BCUT2D eigenvalue weighted by Gasteiger charge is -2.28. The molecule has 0 fully saturated rings. The van der Waals surface area contributed by atoms with Crippen LogP contribution in [0.4, 0.5) is 17.1 Å². The van der Waals surface area contributed by atoms with Gasteiger partial charge in [0.25, 0.3) is 0 Å². The average molecular weight is 743 g/mol. The van der Waals surface area contributed by atoms with Gasteiger partial charge in [0.1, 0.15) is 0 Å². The van der Waals surface area contributed by atoms with Crippen molar-refractivity contribution >= 4 is 103 Å². The van der Waals surface area contributed by atoms with E-state index >= 15 is 0 Å². The molecule has 0 atom stereocenters. The minimum Gasteiger partial charge on any atom is -0.310 e. The Hall–Kier alpha value is -7.20. The minimum absolute atomic E-state index is 1.12. The molecule has 12 aromatic rings. The van der Waals surface area contributed by atoms with Crippen LogP contribution in [0.5, 0.6) is 0 Å². The summed E-state index contributed by atoms with van der Waals surface area (Å²) in [4.78, 5) is 2.49. The number of nitrogens with zero attached hydrogens (tertiary/aromatic N) is 2. The molecule has 0 radical (unpaired) electrons. The van der Waals surface area contributed by atoms with E-state index in [1.165, 1.54) is 91.1 Å². The van der Waals surface area contributed by atoms with Crippen LogP contribution >= 0.6 is 11.3 Å². The molecule has 10 aromatic carbocycles. The van der Waals surface area contributed by atoms with Gasteiger partial charge in [-0.2, -0.15) is 0 Å². The summed E-state index contributed by atoms with van der Waals surface area (Å²) in [5.41, 5.74) is 9.36. The van der Waals surface area contributed by atoms with E-state index in [1.807, 2.05) is 11.3 Å². The third-order valence-corrected chi connectivity index (χ3v) is 12.9. The maximum absolute atomic E-state index is 2.49. The van der Waals surface area contributed by atoms with E-state index in [4.69, 9.17) is 0 Å². The van der Waals surface area contributed by atoms with Gasteiger partial charge in [0, 0.05) is 53.1 Å². The molecular formula is C54H34N2S. The highest BCUT2D eigenvalue weighted by molar-refractivity contribution is 7.26. The van der Waals surface area contributed by atoms with Crippen LogP contribution in [0, 0.1) is 0 Å². The molecule has 0 aliphatic heterocycles. The molecule has 0 spiro atoms. The van der Waals surface area contributed by atoms with Gasteiger partial charge in [-0.05, 0) is 87.3 Å². The summed E-state index contributed by atoms with van der Waals surface area (Å²) >= 11 is 1.89. The predicted molar refractivity (Wildman–Crippen MR) is 246 cm³/mol. The summed E-state index contributed by atoms with van der Waals surface area (Å²) in [5.74, 6) is 0. The van der Waals surface area contributed by atoms with Crippen molar-refractivity contribution < 1.29 is 0 Å². The Morgan fingerprint density at radius 3 is 1.84 bits per heavy atom. The normalized spacial score (nSPS) is 11.9. The molecule has 0 saturated carbocycles. The number of anilines is 3. The molecule has 3 heteroatoms. The zero-order valence-corrected chi connectivity index (χ0v) is 31.7. The molecular weight excluding hydrogens is 709 g/mol. The second-order valence-electron chi connectivity index (χ2n) is 14.9. The largest absolute Gasteiger partial charge is 0.310 e. The molecule has 2 aromatic heterocycles. The fraction of sp³-hybridized carbons (Fsp3) is 0. The Morgan fingerprint density at radius 1 is 0.351 bits per heavy atom. The van der Waals surface area contributed by atoms with Crippen molar-refractivity contribution in [2.24, 2.45) is 0 Å². The Kier molecular flexibility index (Phi) is 7.13. The van der Waals surface area contributed by atoms with Gasteiger partial charge in [0.2, 0.25) is 0 Å². The van der Waals surface area contributed by atoms with Crippen LogP contribution in [0.3, 0.4) is 0 Å². The molecule has 0 aliphatic carbocycles. The molecule has 0 aliphatic rings. The Bertz CT molecular complexity index is 3530. The first kappa shape index (κ1) is 32.1.